The fourth-order valence-corrected chi connectivity index (χ4v) is 13.3. The maximum atomic E-state index is 13.1. The van der Waals surface area contributed by atoms with Crippen LogP contribution >= 0.6 is 15.6 Å². The maximum Gasteiger partial charge on any atom is 0.472 e. The van der Waals surface area contributed by atoms with Gasteiger partial charge in [-0.05, 0) is 43.4 Å². The lowest BCUT2D eigenvalue weighted by atomic mass is 9.99. The van der Waals surface area contributed by atoms with Gasteiger partial charge in [-0.3, -0.25) is 37.3 Å². The highest BCUT2D eigenvalue weighted by atomic mass is 31.2. The Hall–Kier alpha value is -1.94. The molecule has 0 aromatic carbocycles. The second-order valence-electron chi connectivity index (χ2n) is 28.9. The fourth-order valence-electron chi connectivity index (χ4n) is 11.7. The van der Waals surface area contributed by atoms with Gasteiger partial charge in [0.05, 0.1) is 26.4 Å². The highest BCUT2D eigenvalue weighted by Gasteiger charge is 2.30. The first-order chi connectivity index (χ1) is 46.3. The molecular formula is C77H150O17P2. The van der Waals surface area contributed by atoms with Gasteiger partial charge in [0.2, 0.25) is 0 Å². The molecule has 570 valence electrons. The molecule has 96 heavy (non-hydrogen) atoms. The van der Waals surface area contributed by atoms with Crippen LogP contribution in [-0.2, 0) is 65.4 Å². The van der Waals surface area contributed by atoms with Crippen molar-refractivity contribution in [1.29, 1.82) is 0 Å². The quantitative estimate of drug-likeness (QED) is 0.0222. The summed E-state index contributed by atoms with van der Waals surface area (Å²) >= 11 is 0. The van der Waals surface area contributed by atoms with Crippen molar-refractivity contribution >= 4 is 39.5 Å². The number of rotatable bonds is 75. The summed E-state index contributed by atoms with van der Waals surface area (Å²) in [6.07, 6.45) is 54.3. The molecule has 3 N–H and O–H groups in total. The van der Waals surface area contributed by atoms with Crippen LogP contribution in [0.1, 0.15) is 395 Å². The van der Waals surface area contributed by atoms with E-state index in [1.807, 2.05) is 0 Å². The Morgan fingerprint density at radius 1 is 0.302 bits per heavy atom. The Morgan fingerprint density at radius 3 is 0.792 bits per heavy atom. The van der Waals surface area contributed by atoms with E-state index in [4.69, 9.17) is 37.0 Å². The van der Waals surface area contributed by atoms with Crippen molar-refractivity contribution in [2.45, 2.75) is 414 Å². The van der Waals surface area contributed by atoms with Crippen molar-refractivity contribution in [2.24, 2.45) is 17.8 Å². The lowest BCUT2D eigenvalue weighted by Crippen LogP contribution is -2.30. The Morgan fingerprint density at radius 2 is 0.531 bits per heavy atom. The number of hydrogen-bond acceptors (Lipinski definition) is 15. The third-order valence-electron chi connectivity index (χ3n) is 18.2. The zero-order valence-electron chi connectivity index (χ0n) is 62.8. The van der Waals surface area contributed by atoms with Gasteiger partial charge in [0.25, 0.3) is 0 Å². The third kappa shape index (κ3) is 69.2. The monoisotopic (exact) mass is 1410 g/mol. The number of aliphatic hydroxyl groups is 1. The molecule has 0 rings (SSSR count). The van der Waals surface area contributed by atoms with Crippen LogP contribution in [0.15, 0.2) is 0 Å². The molecule has 0 aliphatic rings. The number of unbranched alkanes of at least 4 members (excludes halogenated alkanes) is 42. The molecule has 19 heteroatoms. The number of hydrogen-bond donors (Lipinski definition) is 3. The number of phosphoric acid groups is 2. The van der Waals surface area contributed by atoms with Crippen molar-refractivity contribution in [1.82, 2.24) is 0 Å². The van der Waals surface area contributed by atoms with Crippen molar-refractivity contribution in [3.05, 3.63) is 0 Å². The van der Waals surface area contributed by atoms with E-state index in [0.717, 1.165) is 108 Å². The van der Waals surface area contributed by atoms with Gasteiger partial charge in [-0.1, -0.05) is 344 Å². The molecule has 3 unspecified atom stereocenters. The molecule has 0 aromatic rings. The molecule has 6 atom stereocenters. The number of phosphoric ester groups is 2. The highest BCUT2D eigenvalue weighted by molar-refractivity contribution is 7.47. The first-order valence-corrected chi connectivity index (χ1v) is 42.9. The molecule has 0 fully saturated rings. The zero-order chi connectivity index (χ0) is 70.9. The highest BCUT2D eigenvalue weighted by Crippen LogP contribution is 2.45. The first-order valence-electron chi connectivity index (χ1n) is 39.9. The van der Waals surface area contributed by atoms with Crippen LogP contribution in [-0.4, -0.2) is 96.7 Å². The lowest BCUT2D eigenvalue weighted by molar-refractivity contribution is -0.161. The molecule has 0 aliphatic heterocycles. The van der Waals surface area contributed by atoms with Gasteiger partial charge < -0.3 is 33.8 Å². The van der Waals surface area contributed by atoms with E-state index in [1.54, 1.807) is 0 Å². The summed E-state index contributed by atoms with van der Waals surface area (Å²) in [5.74, 6) is 0.143. The van der Waals surface area contributed by atoms with E-state index in [2.05, 4.69) is 48.5 Å². The first kappa shape index (κ1) is 94.1. The van der Waals surface area contributed by atoms with E-state index < -0.39 is 97.5 Å². The summed E-state index contributed by atoms with van der Waals surface area (Å²) in [6.45, 7) is 11.9. The molecule has 0 amide bonds. The van der Waals surface area contributed by atoms with E-state index in [9.17, 15) is 43.2 Å². The second-order valence-corrected chi connectivity index (χ2v) is 31.8. The zero-order valence-corrected chi connectivity index (χ0v) is 64.6. The van der Waals surface area contributed by atoms with Crippen molar-refractivity contribution in [3.63, 3.8) is 0 Å². The minimum absolute atomic E-state index is 0.104. The molecule has 17 nitrogen and oxygen atoms in total. The van der Waals surface area contributed by atoms with Gasteiger partial charge >= 0.3 is 39.5 Å². The largest absolute Gasteiger partial charge is 0.472 e. The SMILES string of the molecule is CCCCCCCCCCCCCCCCCCCC(=O)OC[C@H](COP(=O)(O)OC[C@@H](O)COP(=O)(O)OC[C@@H](COC(=O)CCCCCCCCC(C)C)OC(=O)CCCCCCCCCCCC(C)C)OC(=O)CCCCCCCCCCCCCCCCC(C)CC. The molecule has 0 saturated heterocycles. The van der Waals surface area contributed by atoms with Gasteiger partial charge in [-0.2, -0.15) is 0 Å². The van der Waals surface area contributed by atoms with E-state index >= 15 is 0 Å². The smallest absolute Gasteiger partial charge is 0.462 e. The van der Waals surface area contributed by atoms with Gasteiger partial charge in [-0.15, -0.1) is 0 Å². The molecule has 0 heterocycles. The predicted molar refractivity (Wildman–Crippen MR) is 391 cm³/mol. The van der Waals surface area contributed by atoms with Crippen LogP contribution in [0.25, 0.3) is 0 Å². The Bertz CT molecular complexity index is 1870. The van der Waals surface area contributed by atoms with E-state index in [-0.39, 0.29) is 25.7 Å². The minimum Gasteiger partial charge on any atom is -0.462 e. The van der Waals surface area contributed by atoms with Crippen molar-refractivity contribution < 1.29 is 80.2 Å². The Balaban J connectivity index is 5.23. The topological polar surface area (TPSA) is 237 Å². The maximum absolute atomic E-state index is 13.1. The summed E-state index contributed by atoms with van der Waals surface area (Å²) in [7, 11) is -9.91. The number of esters is 4. The molecule has 0 spiro atoms. The van der Waals surface area contributed by atoms with Crippen LogP contribution in [0, 0.1) is 17.8 Å². The lowest BCUT2D eigenvalue weighted by Gasteiger charge is -2.21. The summed E-state index contributed by atoms with van der Waals surface area (Å²) in [5, 5.41) is 10.6. The summed E-state index contributed by atoms with van der Waals surface area (Å²) in [6, 6.07) is 0. The van der Waals surface area contributed by atoms with E-state index in [1.165, 1.54) is 199 Å². The number of carbonyl (C=O) groups is 4. The van der Waals surface area contributed by atoms with Gasteiger partial charge in [0, 0.05) is 25.7 Å². The fraction of sp³-hybridized carbons (Fsp3) is 0.948. The summed E-state index contributed by atoms with van der Waals surface area (Å²) in [5.41, 5.74) is 0. The third-order valence-corrected chi connectivity index (χ3v) is 20.1. The van der Waals surface area contributed by atoms with Crippen LogP contribution < -0.4 is 0 Å². The number of carbonyl (C=O) groups excluding carboxylic acids is 4. The molecular weight excluding hydrogens is 1260 g/mol. The average molecular weight is 1410 g/mol. The molecule has 0 saturated carbocycles. The second kappa shape index (κ2) is 67.5. The van der Waals surface area contributed by atoms with Gasteiger partial charge in [-0.25, -0.2) is 9.13 Å². The average Bonchev–Trinajstić information content (AvgIpc) is 3.53. The standard InChI is InChI=1S/C77H150O17P2/c1-8-10-11-12-13-14-15-16-17-18-19-23-26-31-36-44-51-58-74(79)87-64-72(93-76(81)60-53-46-37-32-27-24-21-20-22-25-30-35-43-50-57-70(7)9-2)66-91-95(83,84)89-62-71(78)63-90-96(85,86)92-67-73(65-88-75(80)59-52-45-40-39-42-49-56-69(5)6)94-77(82)61-54-47-38-33-28-29-34-41-48-55-68(3)4/h68-73,78H,8-67H2,1-7H3,(H,83,84)(H,85,86)/t70?,71-,72-,73-/m1/s1. The summed E-state index contributed by atoms with van der Waals surface area (Å²) in [4.78, 5) is 72.8. The number of ether oxygens (including phenoxy) is 4. The normalized spacial score (nSPS) is 14.3. The van der Waals surface area contributed by atoms with Crippen LogP contribution in [0.3, 0.4) is 0 Å². The van der Waals surface area contributed by atoms with Crippen LogP contribution in [0.4, 0.5) is 0 Å². The minimum atomic E-state index is -4.96. The van der Waals surface area contributed by atoms with Crippen molar-refractivity contribution in [3.8, 4) is 0 Å². The van der Waals surface area contributed by atoms with Gasteiger partial charge in [0.15, 0.2) is 12.2 Å². The Labute approximate surface area is 588 Å². The molecule has 0 radical (unpaired) electrons. The van der Waals surface area contributed by atoms with Crippen LogP contribution in [0.2, 0.25) is 0 Å². The van der Waals surface area contributed by atoms with Crippen molar-refractivity contribution in [2.75, 3.05) is 39.6 Å². The number of aliphatic hydroxyl groups excluding tert-OH is 1. The molecule has 0 bridgehead atoms. The molecule has 0 aromatic heterocycles. The van der Waals surface area contributed by atoms with Gasteiger partial charge in [0.1, 0.15) is 19.3 Å². The Kier molecular flexibility index (Phi) is 66.2. The van der Waals surface area contributed by atoms with E-state index in [0.29, 0.717) is 31.6 Å². The predicted octanol–water partition coefficient (Wildman–Crippen LogP) is 22.6. The van der Waals surface area contributed by atoms with Crippen LogP contribution in [0.5, 0.6) is 0 Å². The summed E-state index contributed by atoms with van der Waals surface area (Å²) < 4.78 is 68.5. The molecule has 0 aliphatic carbocycles.